The van der Waals surface area contributed by atoms with Gasteiger partial charge in [0.15, 0.2) is 6.23 Å². The summed E-state index contributed by atoms with van der Waals surface area (Å²) in [5, 5.41) is 1.53. The van der Waals surface area contributed by atoms with E-state index < -0.39 is 36.1 Å². The van der Waals surface area contributed by atoms with E-state index in [0.29, 0.717) is 38.0 Å². The first-order valence-corrected chi connectivity index (χ1v) is 19.0. The quantitative estimate of drug-likeness (QED) is 0.172. The van der Waals surface area contributed by atoms with Crippen LogP contribution in [0.25, 0.3) is 0 Å². The molecule has 2 aliphatic rings. The van der Waals surface area contributed by atoms with Crippen molar-refractivity contribution in [1.29, 1.82) is 0 Å². The Morgan fingerprint density at radius 3 is 2.02 bits per heavy atom. The summed E-state index contributed by atoms with van der Waals surface area (Å²) in [5.74, 6) is 0. The van der Waals surface area contributed by atoms with E-state index >= 15 is 0 Å². The first-order chi connectivity index (χ1) is 23.5. The Labute approximate surface area is 290 Å². The van der Waals surface area contributed by atoms with E-state index in [2.05, 4.69) is 51.2 Å². The number of benzene rings is 3. The number of hydroxylamine groups is 2. The summed E-state index contributed by atoms with van der Waals surface area (Å²) in [4.78, 5) is 42.8. The molecule has 0 spiro atoms. The number of ether oxygens (including phenoxy) is 1. The highest BCUT2D eigenvalue weighted by Gasteiger charge is 2.47. The minimum Gasteiger partial charge on any atom is -0.352 e. The average Bonchev–Trinajstić information content (AvgIpc) is 3.08. The van der Waals surface area contributed by atoms with Crippen LogP contribution in [0, 0.1) is 6.92 Å². The molecule has 2 saturated heterocycles. The van der Waals surface area contributed by atoms with Crippen LogP contribution in [0.4, 0.5) is 0 Å². The molecule has 5 atom stereocenters. The average molecular weight is 708 g/mol. The summed E-state index contributed by atoms with van der Waals surface area (Å²) in [5.41, 5.74) is 1.68. The molecule has 5 unspecified atom stereocenters. The van der Waals surface area contributed by atoms with Crippen LogP contribution < -0.4 is 11.2 Å². The van der Waals surface area contributed by atoms with Crippen molar-refractivity contribution in [1.82, 2.24) is 24.4 Å². The van der Waals surface area contributed by atoms with Gasteiger partial charge < -0.3 is 14.5 Å². The lowest BCUT2D eigenvalue weighted by Gasteiger charge is -2.51. The number of aromatic nitrogens is 2. The zero-order valence-corrected chi connectivity index (χ0v) is 29.5. The number of hydrogen-bond donors (Lipinski definition) is 2. The van der Waals surface area contributed by atoms with Crippen molar-refractivity contribution in [3.05, 3.63) is 140 Å². The van der Waals surface area contributed by atoms with Crippen LogP contribution in [0.3, 0.4) is 0 Å². The molecule has 0 saturated carbocycles. The minimum atomic E-state index is -4.35. The number of nitrogens with zero attached hydrogens (tertiary/aromatic N) is 4. The third-order valence-electron chi connectivity index (χ3n) is 9.76. The lowest BCUT2D eigenvalue weighted by Crippen LogP contribution is -2.59. The van der Waals surface area contributed by atoms with Crippen LogP contribution in [0.15, 0.2) is 107 Å². The van der Waals surface area contributed by atoms with Gasteiger partial charge in [0.1, 0.15) is 0 Å². The molecule has 2 fully saturated rings. The van der Waals surface area contributed by atoms with Crippen molar-refractivity contribution < 1.29 is 18.8 Å². The maximum atomic E-state index is 13.4. The van der Waals surface area contributed by atoms with Crippen LogP contribution in [0.2, 0.25) is 0 Å². The zero-order valence-electron chi connectivity index (χ0n) is 27.9. The van der Waals surface area contributed by atoms with E-state index in [0.717, 1.165) is 23.1 Å². The maximum Gasteiger partial charge on any atom is 0.438 e. The Morgan fingerprint density at radius 2 is 1.51 bits per heavy atom. The number of rotatable bonds is 10. The van der Waals surface area contributed by atoms with Gasteiger partial charge in [-0.2, -0.15) is 5.06 Å². The summed E-state index contributed by atoms with van der Waals surface area (Å²) >= 11 is 5.74. The van der Waals surface area contributed by atoms with Gasteiger partial charge in [0.05, 0.1) is 11.6 Å². The highest BCUT2D eigenvalue weighted by atomic mass is 35.7. The van der Waals surface area contributed by atoms with E-state index in [1.165, 1.54) is 9.63 Å². The van der Waals surface area contributed by atoms with Gasteiger partial charge in [-0.1, -0.05) is 91.0 Å². The molecule has 2 N–H and O–H groups in total. The molecule has 11 nitrogen and oxygen atoms in total. The molecular formula is C36H43ClN5O6P. The number of nitrogens with one attached hydrogen (secondary N) is 1. The largest absolute Gasteiger partial charge is 0.438 e. The predicted molar refractivity (Wildman–Crippen MR) is 189 cm³/mol. The third kappa shape index (κ3) is 7.70. The first kappa shape index (κ1) is 35.4. The van der Waals surface area contributed by atoms with Crippen molar-refractivity contribution >= 4 is 18.2 Å². The molecule has 3 heterocycles. The molecule has 0 bridgehead atoms. The lowest BCUT2D eigenvalue weighted by atomic mass is 9.75. The second-order valence-electron chi connectivity index (χ2n) is 13.1. The summed E-state index contributed by atoms with van der Waals surface area (Å²) in [6.45, 7) is -1.53. The topological polar surface area (TPSA) is 120 Å². The molecule has 260 valence electrons. The van der Waals surface area contributed by atoms with Crippen molar-refractivity contribution in [2.45, 2.75) is 56.1 Å². The molecule has 0 aliphatic carbocycles. The first-order valence-electron chi connectivity index (χ1n) is 16.5. The van der Waals surface area contributed by atoms with E-state index in [9.17, 15) is 19.0 Å². The molecule has 13 heteroatoms. The molecule has 0 radical (unpaired) electrons. The number of piperidine rings is 1. The normalized spacial score (nSPS) is 23.7. The van der Waals surface area contributed by atoms with Crippen molar-refractivity contribution in [2.24, 2.45) is 0 Å². The van der Waals surface area contributed by atoms with Crippen LogP contribution in [-0.4, -0.2) is 81.2 Å². The zero-order chi connectivity index (χ0) is 34.8. The predicted octanol–water partition coefficient (Wildman–Crippen LogP) is 5.09. The molecule has 49 heavy (non-hydrogen) atoms. The number of hydrogen-bond acceptors (Lipinski definition) is 8. The fourth-order valence-electron chi connectivity index (χ4n) is 7.49. The van der Waals surface area contributed by atoms with Gasteiger partial charge in [-0.25, -0.2) is 14.0 Å². The summed E-state index contributed by atoms with van der Waals surface area (Å²) in [7, 11) is 4.04. The monoisotopic (exact) mass is 707 g/mol. The molecule has 1 aromatic heterocycles. The highest BCUT2D eigenvalue weighted by molar-refractivity contribution is 7.80. The van der Waals surface area contributed by atoms with Crippen LogP contribution in [-0.2, 0) is 19.5 Å². The minimum absolute atomic E-state index is 0.204. The van der Waals surface area contributed by atoms with E-state index in [1.807, 2.05) is 68.7 Å². The van der Waals surface area contributed by atoms with E-state index in [1.54, 1.807) is 13.1 Å². The second-order valence-corrected chi connectivity index (χ2v) is 15.5. The molecule has 3 aromatic carbocycles. The number of aryl methyl sites for hydroxylation is 1. The van der Waals surface area contributed by atoms with Gasteiger partial charge >= 0.3 is 12.6 Å². The van der Waals surface area contributed by atoms with Gasteiger partial charge in [0.25, 0.3) is 5.56 Å². The molecule has 2 aliphatic heterocycles. The van der Waals surface area contributed by atoms with Crippen LogP contribution in [0.5, 0.6) is 0 Å². The van der Waals surface area contributed by atoms with Crippen LogP contribution in [0.1, 0.15) is 47.7 Å². The van der Waals surface area contributed by atoms with E-state index in [4.69, 9.17) is 20.6 Å². The fourth-order valence-corrected chi connectivity index (χ4v) is 8.20. The Kier molecular flexibility index (Phi) is 10.7. The SMILES string of the molecule is Cc1cn(C2CN(C(c3ccccc3)(c3ccccc3)c3ccccc3)CC(CC3CC(N(C)C)CCN3OP(=O)(O)Cl)O2)c(=O)[nH]c1=O. The van der Waals surface area contributed by atoms with Crippen LogP contribution >= 0.6 is 18.2 Å². The summed E-state index contributed by atoms with van der Waals surface area (Å²) < 4.78 is 26.0. The number of aromatic amines is 1. The number of H-pyrrole nitrogens is 1. The molecule has 4 aromatic rings. The van der Waals surface area contributed by atoms with Crippen molar-refractivity contribution in [2.75, 3.05) is 33.7 Å². The Balaban J connectivity index is 1.50. The van der Waals surface area contributed by atoms with Gasteiger partial charge in [0, 0.05) is 54.7 Å². The van der Waals surface area contributed by atoms with Crippen molar-refractivity contribution in [3.63, 3.8) is 0 Å². The van der Waals surface area contributed by atoms with Gasteiger partial charge in [-0.15, -0.1) is 0 Å². The van der Waals surface area contributed by atoms with Gasteiger partial charge in [-0.3, -0.25) is 19.2 Å². The summed E-state index contributed by atoms with van der Waals surface area (Å²) in [6.07, 6.45) is 2.09. The van der Waals surface area contributed by atoms with E-state index in [-0.39, 0.29) is 12.1 Å². The van der Waals surface area contributed by atoms with Gasteiger partial charge in [-0.05, 0) is 57.0 Å². The Bertz CT molecular complexity index is 1770. The fraction of sp³-hybridized carbons (Fsp3) is 0.389. The highest BCUT2D eigenvalue weighted by Crippen LogP contribution is 2.50. The standard InChI is InChI=1S/C36H43ClN5O6P/c1-26-23-41(35(44)38-34(26)43)33-25-40(24-32(47-33)22-31-21-30(39(2)3)19-20-42(31)48-49(37,45)46)36(27-13-7-4-8-14-27,28-15-9-5-10-16-28)29-17-11-6-12-18-29/h4-18,23,30-33H,19-22,24-25H2,1-3H3,(H,45,46)(H,38,43,44). The van der Waals surface area contributed by atoms with Crippen molar-refractivity contribution in [3.8, 4) is 0 Å². The lowest BCUT2D eigenvalue weighted by molar-refractivity contribution is -0.173. The third-order valence-corrected chi connectivity index (χ3v) is 10.4. The second kappa shape index (κ2) is 14.8. The Morgan fingerprint density at radius 1 is 0.959 bits per heavy atom. The molecule has 6 rings (SSSR count). The smallest absolute Gasteiger partial charge is 0.352 e. The Hall–Kier alpha value is -3.38. The number of halogens is 1. The summed E-state index contributed by atoms with van der Waals surface area (Å²) in [6, 6.07) is 30.7. The van der Waals surface area contributed by atoms with Gasteiger partial charge in [0.2, 0.25) is 0 Å². The molecule has 0 amide bonds. The maximum absolute atomic E-state index is 13.4. The molecular weight excluding hydrogens is 665 g/mol. The number of morpholine rings is 1.